The number of hydrogen-bond acceptors (Lipinski definition) is 5. The summed E-state index contributed by atoms with van der Waals surface area (Å²) < 4.78 is 12.1. The second-order valence-corrected chi connectivity index (χ2v) is 5.79. The first-order valence-corrected chi connectivity index (χ1v) is 7.68. The maximum atomic E-state index is 12.4. The van der Waals surface area contributed by atoms with E-state index in [0.29, 0.717) is 24.9 Å². The Morgan fingerprint density at radius 2 is 2.17 bits per heavy atom. The molecule has 0 bridgehead atoms. The van der Waals surface area contributed by atoms with Crippen molar-refractivity contribution in [3.63, 3.8) is 0 Å². The topological polar surface area (TPSA) is 80.7 Å². The van der Waals surface area contributed by atoms with Crippen LogP contribution >= 0.6 is 0 Å². The molecule has 1 saturated heterocycles. The highest BCUT2D eigenvalue weighted by Crippen LogP contribution is 2.30. The Morgan fingerprint density at radius 1 is 1.43 bits per heavy atom. The predicted octanol–water partition coefficient (Wildman–Crippen LogP) is 1.61. The molecule has 1 aliphatic rings. The summed E-state index contributed by atoms with van der Waals surface area (Å²) in [5, 5.41) is 10.5. The van der Waals surface area contributed by atoms with Gasteiger partial charge in [0.2, 0.25) is 0 Å². The van der Waals surface area contributed by atoms with Gasteiger partial charge in [0, 0.05) is 38.6 Å². The fraction of sp³-hybridized carbons (Fsp3) is 0.500. The number of rotatable bonds is 4. The molecule has 7 heteroatoms. The van der Waals surface area contributed by atoms with Crippen molar-refractivity contribution in [3.05, 3.63) is 36.1 Å². The number of carbonyl (C=O) groups excluding carboxylic acids is 1. The Balaban J connectivity index is 1.60. The van der Waals surface area contributed by atoms with E-state index in [1.54, 1.807) is 23.2 Å². The van der Waals surface area contributed by atoms with Crippen LogP contribution in [0.2, 0.25) is 0 Å². The van der Waals surface area contributed by atoms with Gasteiger partial charge in [-0.15, -0.1) is 0 Å². The highest BCUT2D eigenvalue weighted by atomic mass is 16.6. The van der Waals surface area contributed by atoms with Crippen molar-refractivity contribution in [2.45, 2.75) is 18.9 Å². The summed E-state index contributed by atoms with van der Waals surface area (Å²) in [4.78, 5) is 18.3. The number of ether oxygens (including phenoxy) is 1. The number of aliphatic hydroxyl groups excluding tert-OH is 1. The minimum Gasteiger partial charge on any atom is -0.468 e. The largest absolute Gasteiger partial charge is 0.468 e. The Morgan fingerprint density at radius 3 is 2.74 bits per heavy atom. The Hall–Kier alpha value is -2.28. The summed E-state index contributed by atoms with van der Waals surface area (Å²) in [6.07, 6.45) is 4.37. The molecule has 0 aromatic carbocycles. The van der Waals surface area contributed by atoms with E-state index in [9.17, 15) is 9.90 Å². The summed E-state index contributed by atoms with van der Waals surface area (Å²) in [6.45, 7) is 1.18. The second kappa shape index (κ2) is 6.45. The number of imidazole rings is 1. The van der Waals surface area contributed by atoms with Crippen LogP contribution in [0.3, 0.4) is 0 Å². The lowest BCUT2D eigenvalue weighted by molar-refractivity contribution is 0.0400. The number of likely N-dealkylation sites (tertiary alicyclic amines) is 1. The van der Waals surface area contributed by atoms with Gasteiger partial charge < -0.3 is 23.7 Å². The predicted molar refractivity (Wildman–Crippen MR) is 82.1 cm³/mol. The van der Waals surface area contributed by atoms with Crippen molar-refractivity contribution in [1.29, 1.82) is 0 Å². The van der Waals surface area contributed by atoms with E-state index in [-0.39, 0.29) is 17.6 Å². The molecule has 0 unspecified atom stereocenters. The van der Waals surface area contributed by atoms with E-state index in [2.05, 4.69) is 4.98 Å². The van der Waals surface area contributed by atoms with Gasteiger partial charge in [0.15, 0.2) is 5.76 Å². The fourth-order valence-corrected chi connectivity index (χ4v) is 2.99. The van der Waals surface area contributed by atoms with Crippen molar-refractivity contribution in [2.75, 3.05) is 20.2 Å². The first-order valence-electron chi connectivity index (χ1n) is 7.68. The second-order valence-electron chi connectivity index (χ2n) is 5.79. The zero-order chi connectivity index (χ0) is 16.4. The molecule has 3 heterocycles. The molecule has 0 spiro atoms. The van der Waals surface area contributed by atoms with Gasteiger partial charge in [0.05, 0.1) is 7.11 Å². The molecule has 0 radical (unpaired) electrons. The zero-order valence-corrected chi connectivity index (χ0v) is 13.3. The van der Waals surface area contributed by atoms with Crippen LogP contribution in [0, 0.1) is 5.92 Å². The molecule has 124 valence electrons. The van der Waals surface area contributed by atoms with Gasteiger partial charge >= 0.3 is 0 Å². The minimum absolute atomic E-state index is 0.103. The van der Waals surface area contributed by atoms with Gasteiger partial charge in [-0.25, -0.2) is 4.98 Å². The maximum Gasteiger partial charge on any atom is 0.289 e. The van der Waals surface area contributed by atoms with Gasteiger partial charge in [-0.2, -0.15) is 0 Å². The Labute approximate surface area is 134 Å². The molecule has 1 amide bonds. The van der Waals surface area contributed by atoms with Gasteiger partial charge in [-0.3, -0.25) is 4.79 Å². The Bertz CT molecular complexity index is 670. The van der Waals surface area contributed by atoms with Crippen molar-refractivity contribution in [2.24, 2.45) is 13.0 Å². The lowest BCUT2D eigenvalue weighted by Crippen LogP contribution is -2.39. The quantitative estimate of drug-likeness (QED) is 0.926. The summed E-state index contributed by atoms with van der Waals surface area (Å²) >= 11 is 0. The average molecular weight is 319 g/mol. The standard InChI is InChI=1S/C16H21N3O4/c1-18-10-7-17-15(18)14(20)11-5-8-19(9-6-11)16(21)12-3-4-13(22-2)23-12/h3-4,7,10-11,14,20H,5-6,8-9H2,1-2H3/t14-/m0/s1. The number of amides is 1. The van der Waals surface area contributed by atoms with E-state index in [1.165, 1.54) is 7.11 Å². The number of methoxy groups -OCH3 is 1. The molecule has 1 N–H and O–H groups in total. The molecular formula is C16H21N3O4. The molecule has 1 atom stereocenters. The van der Waals surface area contributed by atoms with Gasteiger partial charge in [-0.1, -0.05) is 0 Å². The molecule has 0 aliphatic carbocycles. The first kappa shape index (κ1) is 15.6. The van der Waals surface area contributed by atoms with Crippen LogP contribution in [0.1, 0.15) is 35.3 Å². The van der Waals surface area contributed by atoms with Crippen LogP contribution < -0.4 is 4.74 Å². The van der Waals surface area contributed by atoms with Crippen LogP contribution in [0.5, 0.6) is 5.95 Å². The molecule has 23 heavy (non-hydrogen) atoms. The molecule has 1 fully saturated rings. The smallest absolute Gasteiger partial charge is 0.289 e. The lowest BCUT2D eigenvalue weighted by atomic mass is 9.90. The molecule has 0 saturated carbocycles. The van der Waals surface area contributed by atoms with Crippen LogP contribution in [-0.4, -0.2) is 45.7 Å². The highest BCUT2D eigenvalue weighted by Gasteiger charge is 2.31. The number of aromatic nitrogens is 2. The van der Waals surface area contributed by atoms with Crippen molar-refractivity contribution < 1.29 is 19.1 Å². The third kappa shape index (κ3) is 3.10. The molecule has 3 rings (SSSR count). The van der Waals surface area contributed by atoms with E-state index in [0.717, 1.165) is 12.8 Å². The third-order valence-corrected chi connectivity index (χ3v) is 4.39. The summed E-state index contributed by atoms with van der Waals surface area (Å²) in [6, 6.07) is 3.25. The third-order valence-electron chi connectivity index (χ3n) is 4.39. The Kier molecular flexibility index (Phi) is 4.38. The minimum atomic E-state index is -0.601. The molecule has 2 aromatic heterocycles. The normalized spacial score (nSPS) is 17.3. The molecule has 7 nitrogen and oxygen atoms in total. The summed E-state index contributed by atoms with van der Waals surface area (Å²) in [5.74, 6) is 1.24. The monoisotopic (exact) mass is 319 g/mol. The van der Waals surface area contributed by atoms with Gasteiger partial charge in [-0.05, 0) is 24.8 Å². The molecule has 1 aliphatic heterocycles. The van der Waals surface area contributed by atoms with Gasteiger partial charge in [0.25, 0.3) is 11.9 Å². The number of hydrogen-bond donors (Lipinski definition) is 1. The molecular weight excluding hydrogens is 298 g/mol. The van der Waals surface area contributed by atoms with Gasteiger partial charge in [0.1, 0.15) is 11.9 Å². The van der Waals surface area contributed by atoms with Crippen LogP contribution in [-0.2, 0) is 7.05 Å². The van der Waals surface area contributed by atoms with Crippen LogP contribution in [0.15, 0.2) is 28.9 Å². The van der Waals surface area contributed by atoms with E-state index >= 15 is 0 Å². The number of piperidine rings is 1. The number of furan rings is 1. The lowest BCUT2D eigenvalue weighted by Gasteiger charge is -2.33. The van der Waals surface area contributed by atoms with Crippen LogP contribution in [0.4, 0.5) is 0 Å². The van der Waals surface area contributed by atoms with Crippen LogP contribution in [0.25, 0.3) is 0 Å². The zero-order valence-electron chi connectivity index (χ0n) is 13.3. The van der Waals surface area contributed by atoms with Crippen molar-refractivity contribution >= 4 is 5.91 Å². The number of aliphatic hydroxyl groups is 1. The van der Waals surface area contributed by atoms with Crippen molar-refractivity contribution in [1.82, 2.24) is 14.5 Å². The number of nitrogens with zero attached hydrogens (tertiary/aromatic N) is 3. The average Bonchev–Trinajstić information content (AvgIpc) is 3.22. The van der Waals surface area contributed by atoms with Crippen molar-refractivity contribution in [3.8, 4) is 5.95 Å². The maximum absolute atomic E-state index is 12.4. The summed E-state index contributed by atoms with van der Waals surface area (Å²) in [5.41, 5.74) is 0. The SMILES string of the molecule is COc1ccc(C(=O)N2CCC([C@H](O)c3nccn3C)CC2)o1. The summed E-state index contributed by atoms with van der Waals surface area (Å²) in [7, 11) is 3.37. The van der Waals surface area contributed by atoms with E-state index in [1.807, 2.05) is 17.8 Å². The first-order chi connectivity index (χ1) is 11.1. The number of carbonyl (C=O) groups is 1. The highest BCUT2D eigenvalue weighted by molar-refractivity contribution is 5.91. The van der Waals surface area contributed by atoms with E-state index in [4.69, 9.17) is 9.15 Å². The fourth-order valence-electron chi connectivity index (χ4n) is 2.99. The number of aryl methyl sites for hydroxylation is 1. The molecule has 2 aromatic rings. The van der Waals surface area contributed by atoms with E-state index < -0.39 is 6.10 Å².